The molecular weight excluding hydrogens is 250 g/mol. The Morgan fingerprint density at radius 3 is 2.62 bits per heavy atom. The molecular formula is C10H8ClNO3S. The summed E-state index contributed by atoms with van der Waals surface area (Å²) < 4.78 is 27.6. The Hall–Kier alpha value is -1.33. The van der Waals surface area contributed by atoms with Crippen LogP contribution in [0.15, 0.2) is 35.2 Å². The van der Waals surface area contributed by atoms with Crippen LogP contribution in [0.3, 0.4) is 0 Å². The first-order chi connectivity index (χ1) is 7.52. The van der Waals surface area contributed by atoms with Crippen LogP contribution in [0.4, 0.5) is 0 Å². The van der Waals surface area contributed by atoms with Crippen molar-refractivity contribution < 1.29 is 13.2 Å². The lowest BCUT2D eigenvalue weighted by atomic mass is 10.2. The SMILES string of the molecule is COc1ccc2cccc(S(=O)(=O)Cl)c2n1. The van der Waals surface area contributed by atoms with Crippen LogP contribution in [0.5, 0.6) is 5.88 Å². The molecule has 6 heteroatoms. The quantitative estimate of drug-likeness (QED) is 0.774. The zero-order valence-corrected chi connectivity index (χ0v) is 9.92. The van der Waals surface area contributed by atoms with Crippen molar-refractivity contribution in [2.75, 3.05) is 7.11 Å². The molecule has 0 saturated heterocycles. The molecule has 2 rings (SSSR count). The number of hydrogen-bond donors (Lipinski definition) is 0. The highest BCUT2D eigenvalue weighted by atomic mass is 35.7. The van der Waals surface area contributed by atoms with Gasteiger partial charge >= 0.3 is 0 Å². The van der Waals surface area contributed by atoms with Crippen LogP contribution in [0.25, 0.3) is 10.9 Å². The number of nitrogens with zero attached hydrogens (tertiary/aromatic N) is 1. The van der Waals surface area contributed by atoms with Gasteiger partial charge < -0.3 is 4.74 Å². The fourth-order valence-electron chi connectivity index (χ4n) is 1.41. The largest absolute Gasteiger partial charge is 0.481 e. The van der Waals surface area contributed by atoms with E-state index in [-0.39, 0.29) is 4.90 Å². The highest BCUT2D eigenvalue weighted by Gasteiger charge is 2.15. The Bertz CT molecular complexity index is 640. The van der Waals surface area contributed by atoms with Gasteiger partial charge in [-0.3, -0.25) is 0 Å². The summed E-state index contributed by atoms with van der Waals surface area (Å²) in [5, 5.41) is 0.697. The lowest BCUT2D eigenvalue weighted by molar-refractivity contribution is 0.399. The molecule has 0 bridgehead atoms. The summed E-state index contributed by atoms with van der Waals surface area (Å²) >= 11 is 0. The Kier molecular flexibility index (Phi) is 2.73. The number of rotatable bonds is 2. The lowest BCUT2D eigenvalue weighted by Crippen LogP contribution is -1.95. The molecule has 0 N–H and O–H groups in total. The maximum atomic E-state index is 11.3. The maximum Gasteiger partial charge on any atom is 0.263 e. The van der Waals surface area contributed by atoms with Crippen LogP contribution in [0.2, 0.25) is 0 Å². The second kappa shape index (κ2) is 3.92. The second-order valence-corrected chi connectivity index (χ2v) is 5.65. The fourth-order valence-corrected chi connectivity index (χ4v) is 2.42. The van der Waals surface area contributed by atoms with Gasteiger partial charge in [0.1, 0.15) is 4.90 Å². The molecule has 0 radical (unpaired) electrons. The summed E-state index contributed by atoms with van der Waals surface area (Å²) in [7, 11) is 2.99. The van der Waals surface area contributed by atoms with Gasteiger partial charge in [0, 0.05) is 22.1 Å². The summed E-state index contributed by atoms with van der Waals surface area (Å²) in [6.07, 6.45) is 0. The standard InChI is InChI=1S/C10H8ClNO3S/c1-15-9-6-5-7-3-2-4-8(10(7)12-9)16(11,13)14/h2-6H,1H3. The van der Waals surface area contributed by atoms with E-state index >= 15 is 0 Å². The molecule has 1 aromatic carbocycles. The lowest BCUT2D eigenvalue weighted by Gasteiger charge is -2.04. The van der Waals surface area contributed by atoms with Crippen LogP contribution >= 0.6 is 10.7 Å². The second-order valence-electron chi connectivity index (χ2n) is 3.12. The van der Waals surface area contributed by atoms with Crippen LogP contribution in [0.1, 0.15) is 0 Å². The van der Waals surface area contributed by atoms with E-state index in [4.69, 9.17) is 15.4 Å². The van der Waals surface area contributed by atoms with E-state index in [0.29, 0.717) is 16.8 Å². The van der Waals surface area contributed by atoms with Crippen molar-refractivity contribution in [3.63, 3.8) is 0 Å². The molecule has 0 unspecified atom stereocenters. The number of aromatic nitrogens is 1. The van der Waals surface area contributed by atoms with E-state index < -0.39 is 9.05 Å². The van der Waals surface area contributed by atoms with Crippen molar-refractivity contribution in [3.8, 4) is 5.88 Å². The monoisotopic (exact) mass is 257 g/mol. The first-order valence-corrected chi connectivity index (χ1v) is 6.72. The van der Waals surface area contributed by atoms with Gasteiger partial charge in [-0.05, 0) is 12.1 Å². The minimum Gasteiger partial charge on any atom is -0.481 e. The van der Waals surface area contributed by atoms with Gasteiger partial charge in [0.2, 0.25) is 5.88 Å². The van der Waals surface area contributed by atoms with Gasteiger partial charge in [0.05, 0.1) is 12.6 Å². The van der Waals surface area contributed by atoms with Crippen LogP contribution < -0.4 is 4.74 Å². The number of benzene rings is 1. The number of methoxy groups -OCH3 is 1. The third-order valence-electron chi connectivity index (χ3n) is 2.13. The van der Waals surface area contributed by atoms with Gasteiger partial charge in [-0.15, -0.1) is 0 Å². The summed E-state index contributed by atoms with van der Waals surface area (Å²) in [5.41, 5.74) is 0.317. The Morgan fingerprint density at radius 1 is 1.25 bits per heavy atom. The van der Waals surface area contributed by atoms with E-state index in [1.807, 2.05) is 0 Å². The van der Waals surface area contributed by atoms with Crippen molar-refractivity contribution in [2.24, 2.45) is 0 Å². The van der Waals surface area contributed by atoms with Crippen LogP contribution in [-0.2, 0) is 9.05 Å². The topological polar surface area (TPSA) is 56.3 Å². The average Bonchev–Trinajstić information content (AvgIpc) is 2.26. The molecule has 84 valence electrons. The summed E-state index contributed by atoms with van der Waals surface area (Å²) in [4.78, 5) is 4.07. The number of para-hydroxylation sites is 1. The molecule has 0 spiro atoms. The number of ether oxygens (including phenoxy) is 1. The van der Waals surface area contributed by atoms with Crippen molar-refractivity contribution >= 4 is 30.6 Å². The zero-order valence-electron chi connectivity index (χ0n) is 8.34. The first kappa shape index (κ1) is 11.2. The van der Waals surface area contributed by atoms with Crippen molar-refractivity contribution in [3.05, 3.63) is 30.3 Å². The highest BCUT2D eigenvalue weighted by molar-refractivity contribution is 8.14. The Labute approximate surface area is 97.2 Å². The van der Waals surface area contributed by atoms with Gasteiger partial charge in [-0.1, -0.05) is 12.1 Å². The number of fused-ring (bicyclic) bond motifs is 1. The third-order valence-corrected chi connectivity index (χ3v) is 3.48. The van der Waals surface area contributed by atoms with E-state index in [1.165, 1.54) is 13.2 Å². The van der Waals surface area contributed by atoms with Crippen molar-refractivity contribution in [2.45, 2.75) is 4.90 Å². The van der Waals surface area contributed by atoms with E-state index in [1.54, 1.807) is 24.3 Å². The van der Waals surface area contributed by atoms with Crippen molar-refractivity contribution in [1.29, 1.82) is 0 Å². The molecule has 16 heavy (non-hydrogen) atoms. The summed E-state index contributed by atoms with van der Waals surface area (Å²) in [6.45, 7) is 0. The van der Waals surface area contributed by atoms with Gasteiger partial charge in [-0.2, -0.15) is 0 Å². The molecule has 0 saturated carbocycles. The third kappa shape index (κ3) is 1.96. The minimum absolute atomic E-state index is 0.00873. The smallest absolute Gasteiger partial charge is 0.263 e. The van der Waals surface area contributed by atoms with E-state index in [2.05, 4.69) is 4.98 Å². The van der Waals surface area contributed by atoms with Gasteiger partial charge in [-0.25, -0.2) is 13.4 Å². The molecule has 2 aromatic rings. The zero-order chi connectivity index (χ0) is 11.8. The predicted octanol–water partition coefficient (Wildman–Crippen LogP) is 2.17. The van der Waals surface area contributed by atoms with Crippen LogP contribution in [0, 0.1) is 0 Å². The number of halogens is 1. The normalized spacial score (nSPS) is 11.6. The highest BCUT2D eigenvalue weighted by Crippen LogP contribution is 2.25. The number of pyridine rings is 1. The van der Waals surface area contributed by atoms with Gasteiger partial charge in [0.25, 0.3) is 9.05 Å². The maximum absolute atomic E-state index is 11.3. The first-order valence-electron chi connectivity index (χ1n) is 4.41. The van der Waals surface area contributed by atoms with Crippen LogP contribution in [-0.4, -0.2) is 20.5 Å². The number of hydrogen-bond acceptors (Lipinski definition) is 4. The Morgan fingerprint density at radius 2 is 2.00 bits per heavy atom. The van der Waals surface area contributed by atoms with Gasteiger partial charge in [0.15, 0.2) is 0 Å². The fraction of sp³-hybridized carbons (Fsp3) is 0.100. The molecule has 0 aliphatic carbocycles. The Balaban J connectivity index is 2.85. The van der Waals surface area contributed by atoms with Crippen molar-refractivity contribution in [1.82, 2.24) is 4.98 Å². The molecule has 0 aliphatic heterocycles. The molecule has 4 nitrogen and oxygen atoms in total. The van der Waals surface area contributed by atoms with E-state index in [9.17, 15) is 8.42 Å². The average molecular weight is 258 g/mol. The molecule has 1 aromatic heterocycles. The molecule has 0 amide bonds. The molecule has 1 heterocycles. The summed E-state index contributed by atoms with van der Waals surface area (Å²) in [6, 6.07) is 8.18. The summed E-state index contributed by atoms with van der Waals surface area (Å²) in [5.74, 6) is 0.347. The predicted molar refractivity (Wildman–Crippen MR) is 61.3 cm³/mol. The molecule has 0 aliphatic rings. The molecule has 0 fully saturated rings. The van der Waals surface area contributed by atoms with E-state index in [0.717, 1.165) is 0 Å². The molecule has 0 atom stereocenters. The minimum atomic E-state index is -3.80.